The molecule has 0 unspecified atom stereocenters. The van der Waals surface area contributed by atoms with Crippen molar-refractivity contribution in [3.8, 4) is 11.5 Å². The van der Waals surface area contributed by atoms with Crippen LogP contribution in [0.4, 0.5) is 5.13 Å². The SMILES string of the molecule is CCOc1c(Cl)cc(/C=N\Nc2nc3ccccc3s2)cc1OC. The fourth-order valence-electron chi connectivity index (χ4n) is 2.18. The molecule has 0 bridgehead atoms. The zero-order chi connectivity index (χ0) is 16.9. The molecule has 3 aromatic rings. The molecule has 2 aromatic carbocycles. The molecule has 1 N–H and O–H groups in total. The van der Waals surface area contributed by atoms with Crippen molar-refractivity contribution < 1.29 is 9.47 Å². The third kappa shape index (κ3) is 3.60. The fraction of sp³-hybridized carbons (Fsp3) is 0.176. The minimum atomic E-state index is 0.484. The highest BCUT2D eigenvalue weighted by atomic mass is 35.5. The molecule has 24 heavy (non-hydrogen) atoms. The Hall–Kier alpha value is -2.31. The zero-order valence-electron chi connectivity index (χ0n) is 13.2. The Bertz CT molecular complexity index is 846. The van der Waals surface area contributed by atoms with Crippen LogP contribution in [-0.4, -0.2) is 24.9 Å². The topological polar surface area (TPSA) is 55.7 Å². The molecule has 0 aliphatic carbocycles. The molecule has 0 spiro atoms. The van der Waals surface area contributed by atoms with E-state index in [0.717, 1.165) is 20.9 Å². The van der Waals surface area contributed by atoms with Gasteiger partial charge in [-0.1, -0.05) is 35.1 Å². The molecule has 5 nitrogen and oxygen atoms in total. The van der Waals surface area contributed by atoms with Crippen LogP contribution in [0.3, 0.4) is 0 Å². The maximum Gasteiger partial charge on any atom is 0.204 e. The van der Waals surface area contributed by atoms with E-state index in [9.17, 15) is 0 Å². The number of hydrogen-bond donors (Lipinski definition) is 1. The Morgan fingerprint density at radius 3 is 2.92 bits per heavy atom. The van der Waals surface area contributed by atoms with Crippen molar-refractivity contribution in [2.45, 2.75) is 6.92 Å². The minimum Gasteiger partial charge on any atom is -0.493 e. The van der Waals surface area contributed by atoms with Crippen LogP contribution in [0.5, 0.6) is 11.5 Å². The summed E-state index contributed by atoms with van der Waals surface area (Å²) in [5, 5.41) is 5.43. The van der Waals surface area contributed by atoms with Gasteiger partial charge in [0.2, 0.25) is 5.13 Å². The molecule has 0 saturated carbocycles. The summed E-state index contributed by atoms with van der Waals surface area (Å²) in [6.07, 6.45) is 1.66. The third-order valence-electron chi connectivity index (χ3n) is 3.21. The molecule has 124 valence electrons. The zero-order valence-corrected chi connectivity index (χ0v) is 14.8. The molecule has 3 rings (SSSR count). The average molecular weight is 362 g/mol. The average Bonchev–Trinajstić information content (AvgIpc) is 2.99. The molecular formula is C17H16ClN3O2S. The smallest absolute Gasteiger partial charge is 0.204 e. The van der Waals surface area contributed by atoms with Crippen LogP contribution in [0, 0.1) is 0 Å². The number of anilines is 1. The molecule has 7 heteroatoms. The second-order valence-corrected chi connectivity index (χ2v) is 6.26. The lowest BCUT2D eigenvalue weighted by molar-refractivity contribution is 0.311. The third-order valence-corrected chi connectivity index (χ3v) is 4.43. The van der Waals surface area contributed by atoms with Crippen LogP contribution in [0.1, 0.15) is 12.5 Å². The summed E-state index contributed by atoms with van der Waals surface area (Å²) in [7, 11) is 1.58. The van der Waals surface area contributed by atoms with Gasteiger partial charge in [0.1, 0.15) is 0 Å². The number of hydrazone groups is 1. The highest BCUT2D eigenvalue weighted by Crippen LogP contribution is 2.36. The normalized spacial score (nSPS) is 11.1. The molecule has 0 amide bonds. The number of ether oxygens (including phenoxy) is 2. The van der Waals surface area contributed by atoms with E-state index in [1.54, 1.807) is 30.7 Å². The number of nitrogens with zero attached hydrogens (tertiary/aromatic N) is 2. The number of nitrogens with one attached hydrogen (secondary N) is 1. The monoisotopic (exact) mass is 361 g/mol. The first-order chi connectivity index (χ1) is 11.7. The van der Waals surface area contributed by atoms with E-state index in [4.69, 9.17) is 21.1 Å². The van der Waals surface area contributed by atoms with Crippen molar-refractivity contribution in [3.63, 3.8) is 0 Å². The number of para-hydroxylation sites is 1. The van der Waals surface area contributed by atoms with Crippen molar-refractivity contribution in [2.24, 2.45) is 5.10 Å². The van der Waals surface area contributed by atoms with E-state index in [-0.39, 0.29) is 0 Å². The van der Waals surface area contributed by atoms with E-state index in [2.05, 4.69) is 15.5 Å². The van der Waals surface area contributed by atoms with Gasteiger partial charge in [-0.05, 0) is 36.8 Å². The van der Waals surface area contributed by atoms with Gasteiger partial charge in [-0.25, -0.2) is 4.98 Å². The van der Waals surface area contributed by atoms with Crippen molar-refractivity contribution in [1.29, 1.82) is 0 Å². The van der Waals surface area contributed by atoms with Gasteiger partial charge in [0.05, 0.1) is 35.2 Å². The largest absolute Gasteiger partial charge is 0.493 e. The summed E-state index contributed by atoms with van der Waals surface area (Å²) < 4.78 is 11.9. The van der Waals surface area contributed by atoms with E-state index in [0.29, 0.717) is 23.1 Å². The maximum atomic E-state index is 6.24. The lowest BCUT2D eigenvalue weighted by Gasteiger charge is -2.11. The van der Waals surface area contributed by atoms with Gasteiger partial charge in [-0.15, -0.1) is 0 Å². The molecule has 0 atom stereocenters. The lowest BCUT2D eigenvalue weighted by Crippen LogP contribution is -1.98. The Labute approximate surface area is 148 Å². The number of aromatic nitrogens is 1. The lowest BCUT2D eigenvalue weighted by atomic mass is 10.2. The Kier molecular flexibility index (Phi) is 5.17. The number of hydrogen-bond acceptors (Lipinski definition) is 6. The summed E-state index contributed by atoms with van der Waals surface area (Å²) in [4.78, 5) is 4.46. The van der Waals surface area contributed by atoms with Gasteiger partial charge in [-0.2, -0.15) is 5.10 Å². The molecule has 1 heterocycles. The number of benzene rings is 2. The molecule has 0 saturated heterocycles. The Morgan fingerprint density at radius 2 is 2.17 bits per heavy atom. The Balaban J connectivity index is 1.77. The molecule has 0 fully saturated rings. The van der Waals surface area contributed by atoms with Crippen molar-refractivity contribution in [1.82, 2.24) is 4.98 Å². The summed E-state index contributed by atoms with van der Waals surface area (Å²) in [6, 6.07) is 11.5. The molecule has 0 radical (unpaired) electrons. The van der Waals surface area contributed by atoms with E-state index >= 15 is 0 Å². The van der Waals surface area contributed by atoms with Gasteiger partial charge in [0.25, 0.3) is 0 Å². The predicted octanol–water partition coefficient (Wildman–Crippen LogP) is 4.80. The van der Waals surface area contributed by atoms with Gasteiger partial charge in [0.15, 0.2) is 11.5 Å². The second-order valence-electron chi connectivity index (χ2n) is 4.82. The van der Waals surface area contributed by atoms with Crippen LogP contribution in [-0.2, 0) is 0 Å². The first kappa shape index (κ1) is 16.5. The van der Waals surface area contributed by atoms with Gasteiger partial charge < -0.3 is 9.47 Å². The van der Waals surface area contributed by atoms with Crippen LogP contribution < -0.4 is 14.9 Å². The van der Waals surface area contributed by atoms with Crippen molar-refractivity contribution >= 4 is 44.5 Å². The van der Waals surface area contributed by atoms with Gasteiger partial charge in [-0.3, -0.25) is 5.43 Å². The highest BCUT2D eigenvalue weighted by Gasteiger charge is 2.10. The van der Waals surface area contributed by atoms with Crippen molar-refractivity contribution in [3.05, 3.63) is 47.0 Å². The summed E-state index contributed by atoms with van der Waals surface area (Å²) in [5.41, 5.74) is 4.69. The van der Waals surface area contributed by atoms with Crippen LogP contribution in [0.2, 0.25) is 5.02 Å². The summed E-state index contributed by atoms with van der Waals surface area (Å²) in [6.45, 7) is 2.41. The molecular weight excluding hydrogens is 346 g/mol. The van der Waals surface area contributed by atoms with E-state index in [1.165, 1.54) is 0 Å². The number of methoxy groups -OCH3 is 1. The maximum absolute atomic E-state index is 6.24. The van der Waals surface area contributed by atoms with Crippen LogP contribution in [0.25, 0.3) is 10.2 Å². The summed E-state index contributed by atoms with van der Waals surface area (Å²) in [5.74, 6) is 1.11. The van der Waals surface area contributed by atoms with E-state index < -0.39 is 0 Å². The van der Waals surface area contributed by atoms with E-state index in [1.807, 2.05) is 37.3 Å². The Morgan fingerprint density at radius 1 is 1.33 bits per heavy atom. The van der Waals surface area contributed by atoms with Gasteiger partial charge >= 0.3 is 0 Å². The fourth-order valence-corrected chi connectivity index (χ4v) is 3.27. The number of halogens is 1. The van der Waals surface area contributed by atoms with Crippen molar-refractivity contribution in [2.75, 3.05) is 19.1 Å². The molecule has 1 aromatic heterocycles. The minimum absolute atomic E-state index is 0.484. The number of fused-ring (bicyclic) bond motifs is 1. The highest BCUT2D eigenvalue weighted by molar-refractivity contribution is 7.22. The quantitative estimate of drug-likeness (QED) is 0.506. The first-order valence-electron chi connectivity index (χ1n) is 7.36. The predicted molar refractivity (Wildman–Crippen MR) is 100 cm³/mol. The standard InChI is InChI=1S/C17H16ClN3O2S/c1-3-23-16-12(18)8-11(9-14(16)22-2)10-19-21-17-20-13-6-4-5-7-15(13)24-17/h4-10H,3H2,1-2H3,(H,20,21)/b19-10-. The first-order valence-corrected chi connectivity index (χ1v) is 8.55. The van der Waals surface area contributed by atoms with Crippen LogP contribution in [0.15, 0.2) is 41.5 Å². The molecule has 0 aliphatic rings. The second kappa shape index (κ2) is 7.51. The number of thiazole rings is 1. The molecule has 0 aliphatic heterocycles. The number of rotatable bonds is 6. The summed E-state index contributed by atoms with van der Waals surface area (Å²) >= 11 is 7.79. The van der Waals surface area contributed by atoms with Gasteiger partial charge in [0, 0.05) is 0 Å². The van der Waals surface area contributed by atoms with Crippen LogP contribution >= 0.6 is 22.9 Å².